The second kappa shape index (κ2) is 7.66. The predicted molar refractivity (Wildman–Crippen MR) is 95.0 cm³/mol. The van der Waals surface area contributed by atoms with Crippen molar-refractivity contribution in [2.24, 2.45) is 0 Å². The van der Waals surface area contributed by atoms with Gasteiger partial charge < -0.3 is 4.98 Å². The molecule has 1 aromatic heterocycles. The fourth-order valence-corrected chi connectivity index (χ4v) is 3.17. The first kappa shape index (κ1) is 15.4. The molecular formula is C19H17N3S. The molecule has 23 heavy (non-hydrogen) atoms. The van der Waals surface area contributed by atoms with Crippen molar-refractivity contribution in [1.29, 1.82) is 5.26 Å². The first-order chi connectivity index (χ1) is 11.4. The van der Waals surface area contributed by atoms with E-state index in [-0.39, 0.29) is 0 Å². The Morgan fingerprint density at radius 1 is 0.957 bits per heavy atom. The van der Waals surface area contributed by atoms with Crippen LogP contribution in [0.1, 0.15) is 12.8 Å². The largest absolute Gasteiger partial charge is 0.332 e. The molecule has 0 aliphatic heterocycles. The molecule has 0 saturated carbocycles. The fraction of sp³-hybridized carbons (Fsp3) is 0.158. The van der Waals surface area contributed by atoms with E-state index in [1.807, 2.05) is 36.4 Å². The Bertz CT molecular complexity index is 731. The zero-order valence-electron chi connectivity index (χ0n) is 12.7. The molecule has 0 bridgehead atoms. The number of rotatable bonds is 6. The molecule has 3 rings (SSSR count). The molecule has 4 heteroatoms. The number of unbranched alkanes of at least 4 members (excludes halogenated alkanes) is 1. The van der Waals surface area contributed by atoms with E-state index in [0.717, 1.165) is 39.8 Å². The van der Waals surface area contributed by atoms with Gasteiger partial charge in [0, 0.05) is 23.3 Å². The minimum Gasteiger partial charge on any atom is -0.332 e. The van der Waals surface area contributed by atoms with Gasteiger partial charge in [-0.1, -0.05) is 72.4 Å². The molecule has 0 fully saturated rings. The van der Waals surface area contributed by atoms with Crippen molar-refractivity contribution in [2.75, 3.05) is 5.75 Å². The first-order valence-corrected chi connectivity index (χ1v) is 8.57. The Hall–Kier alpha value is -2.51. The minimum atomic E-state index is 0.588. The number of hydrogen-bond acceptors (Lipinski definition) is 3. The topological polar surface area (TPSA) is 52.5 Å². The monoisotopic (exact) mass is 319 g/mol. The molecule has 1 heterocycles. The number of H-pyrrole nitrogens is 1. The van der Waals surface area contributed by atoms with Crippen LogP contribution < -0.4 is 0 Å². The quantitative estimate of drug-likeness (QED) is 0.505. The molecule has 2 aromatic carbocycles. The van der Waals surface area contributed by atoms with Crippen LogP contribution in [0.4, 0.5) is 0 Å². The molecule has 0 saturated heterocycles. The predicted octanol–water partition coefficient (Wildman–Crippen LogP) is 5.14. The Labute approximate surface area is 140 Å². The number of imidazole rings is 1. The number of nitrogens with one attached hydrogen (secondary N) is 1. The minimum absolute atomic E-state index is 0.588. The summed E-state index contributed by atoms with van der Waals surface area (Å²) in [5.41, 5.74) is 4.24. The maximum Gasteiger partial charge on any atom is 0.166 e. The third-order valence-electron chi connectivity index (χ3n) is 3.46. The van der Waals surface area contributed by atoms with Crippen LogP contribution in [0, 0.1) is 11.3 Å². The van der Waals surface area contributed by atoms with Gasteiger partial charge in [-0.05, 0) is 6.42 Å². The van der Waals surface area contributed by atoms with Crippen LogP contribution in [0.5, 0.6) is 0 Å². The van der Waals surface area contributed by atoms with Crippen molar-refractivity contribution in [1.82, 2.24) is 9.97 Å². The van der Waals surface area contributed by atoms with E-state index in [9.17, 15) is 0 Å². The average molecular weight is 319 g/mol. The van der Waals surface area contributed by atoms with Crippen LogP contribution in [0.25, 0.3) is 22.5 Å². The summed E-state index contributed by atoms with van der Waals surface area (Å²) in [5.74, 6) is 0.892. The summed E-state index contributed by atoms with van der Waals surface area (Å²) in [4.78, 5) is 8.22. The summed E-state index contributed by atoms with van der Waals surface area (Å²) in [7, 11) is 0. The molecule has 0 atom stereocenters. The van der Waals surface area contributed by atoms with Crippen LogP contribution in [0.2, 0.25) is 0 Å². The Morgan fingerprint density at radius 3 is 2.26 bits per heavy atom. The fourth-order valence-electron chi connectivity index (χ4n) is 2.36. The highest BCUT2D eigenvalue weighted by atomic mass is 32.2. The average Bonchev–Trinajstić information content (AvgIpc) is 3.05. The number of nitriles is 1. The van der Waals surface area contributed by atoms with Crippen molar-refractivity contribution in [3.8, 4) is 28.6 Å². The van der Waals surface area contributed by atoms with Gasteiger partial charge in [0.15, 0.2) is 5.16 Å². The number of nitrogens with zero attached hydrogens (tertiary/aromatic N) is 2. The Balaban J connectivity index is 1.93. The summed E-state index contributed by atoms with van der Waals surface area (Å²) in [6.45, 7) is 0. The molecule has 0 aliphatic carbocycles. The lowest BCUT2D eigenvalue weighted by Gasteiger charge is -2.02. The number of benzene rings is 2. The summed E-state index contributed by atoms with van der Waals surface area (Å²) >= 11 is 1.67. The van der Waals surface area contributed by atoms with Crippen molar-refractivity contribution >= 4 is 11.8 Å². The zero-order valence-corrected chi connectivity index (χ0v) is 13.5. The lowest BCUT2D eigenvalue weighted by atomic mass is 10.1. The lowest BCUT2D eigenvalue weighted by molar-refractivity contribution is 0.971. The molecule has 0 radical (unpaired) electrons. The first-order valence-electron chi connectivity index (χ1n) is 7.59. The van der Waals surface area contributed by atoms with Gasteiger partial charge >= 0.3 is 0 Å². The van der Waals surface area contributed by atoms with Gasteiger partial charge in [-0.25, -0.2) is 4.98 Å². The van der Waals surface area contributed by atoms with Crippen molar-refractivity contribution < 1.29 is 0 Å². The summed E-state index contributed by atoms with van der Waals surface area (Å²) < 4.78 is 0. The van der Waals surface area contributed by atoms with Crippen molar-refractivity contribution in [3.63, 3.8) is 0 Å². The summed E-state index contributed by atoms with van der Waals surface area (Å²) in [5, 5.41) is 9.53. The van der Waals surface area contributed by atoms with Gasteiger partial charge in [0.2, 0.25) is 0 Å². The summed E-state index contributed by atoms with van der Waals surface area (Å²) in [6, 6.07) is 22.6. The Morgan fingerprint density at radius 2 is 1.61 bits per heavy atom. The maximum absolute atomic E-state index is 8.63. The number of thioether (sulfide) groups is 1. The normalized spacial score (nSPS) is 10.4. The van der Waals surface area contributed by atoms with Crippen molar-refractivity contribution in [3.05, 3.63) is 60.7 Å². The van der Waals surface area contributed by atoms with E-state index in [1.165, 1.54) is 0 Å². The van der Waals surface area contributed by atoms with Crippen LogP contribution in [-0.4, -0.2) is 15.7 Å². The van der Waals surface area contributed by atoms with Gasteiger partial charge in [0.05, 0.1) is 17.5 Å². The number of aromatic nitrogens is 2. The molecule has 0 aliphatic rings. The van der Waals surface area contributed by atoms with Crippen LogP contribution in [-0.2, 0) is 0 Å². The highest BCUT2D eigenvalue weighted by molar-refractivity contribution is 7.99. The summed E-state index contributed by atoms with van der Waals surface area (Å²) in [6.07, 6.45) is 1.47. The molecule has 3 aromatic rings. The SMILES string of the molecule is N#CCCCSc1nc(-c2ccccc2)c(-c2ccccc2)[nH]1. The van der Waals surface area contributed by atoms with E-state index in [4.69, 9.17) is 10.2 Å². The molecule has 3 nitrogen and oxygen atoms in total. The lowest BCUT2D eigenvalue weighted by Crippen LogP contribution is -1.82. The van der Waals surface area contributed by atoms with Gasteiger partial charge in [0.25, 0.3) is 0 Å². The molecule has 114 valence electrons. The Kier molecular flexibility index (Phi) is 5.13. The highest BCUT2D eigenvalue weighted by Crippen LogP contribution is 2.32. The van der Waals surface area contributed by atoms with E-state index in [2.05, 4.69) is 35.3 Å². The van der Waals surface area contributed by atoms with Crippen molar-refractivity contribution in [2.45, 2.75) is 18.0 Å². The molecule has 0 amide bonds. The standard InChI is InChI=1S/C19H17N3S/c20-13-7-8-14-23-19-21-17(15-9-3-1-4-10-15)18(22-19)16-11-5-2-6-12-16/h1-6,9-12H,7-8,14H2,(H,21,22). The van der Waals surface area contributed by atoms with Crippen LogP contribution in [0.3, 0.4) is 0 Å². The van der Waals surface area contributed by atoms with Gasteiger partial charge in [-0.15, -0.1) is 0 Å². The van der Waals surface area contributed by atoms with E-state index in [1.54, 1.807) is 11.8 Å². The van der Waals surface area contributed by atoms with Crippen LogP contribution in [0.15, 0.2) is 65.8 Å². The van der Waals surface area contributed by atoms with Gasteiger partial charge in [-0.2, -0.15) is 5.26 Å². The number of aromatic amines is 1. The van der Waals surface area contributed by atoms with E-state index >= 15 is 0 Å². The third kappa shape index (κ3) is 3.82. The number of hydrogen-bond donors (Lipinski definition) is 1. The second-order valence-electron chi connectivity index (χ2n) is 5.11. The third-order valence-corrected chi connectivity index (χ3v) is 4.42. The molecular weight excluding hydrogens is 302 g/mol. The molecule has 0 unspecified atom stereocenters. The molecule has 0 spiro atoms. The van der Waals surface area contributed by atoms with Gasteiger partial charge in [0.1, 0.15) is 0 Å². The van der Waals surface area contributed by atoms with Gasteiger partial charge in [-0.3, -0.25) is 0 Å². The van der Waals surface area contributed by atoms with E-state index < -0.39 is 0 Å². The smallest absolute Gasteiger partial charge is 0.166 e. The second-order valence-corrected chi connectivity index (χ2v) is 6.19. The zero-order chi connectivity index (χ0) is 15.9. The highest BCUT2D eigenvalue weighted by Gasteiger charge is 2.13. The van der Waals surface area contributed by atoms with E-state index in [0.29, 0.717) is 6.42 Å². The molecule has 1 N–H and O–H groups in total. The maximum atomic E-state index is 8.63. The van der Waals surface area contributed by atoms with Crippen LogP contribution >= 0.6 is 11.8 Å².